The topological polar surface area (TPSA) is 89.9 Å². The minimum atomic E-state index is -1.21. The highest BCUT2D eigenvalue weighted by Crippen LogP contribution is 2.21. The van der Waals surface area contributed by atoms with Crippen molar-refractivity contribution in [3.8, 4) is 5.75 Å². The maximum atomic E-state index is 11.7. The van der Waals surface area contributed by atoms with Gasteiger partial charge >= 0.3 is 12.0 Å². The van der Waals surface area contributed by atoms with Crippen molar-refractivity contribution in [1.29, 1.82) is 0 Å². The van der Waals surface area contributed by atoms with Gasteiger partial charge in [0.25, 0.3) is 0 Å². The number of carboxylic acids is 1. The van der Waals surface area contributed by atoms with Gasteiger partial charge in [-0.1, -0.05) is 6.92 Å². The number of rotatable bonds is 4. The molecule has 1 aromatic carbocycles. The fraction of sp³-hybridized carbons (Fsp3) is 0.333. The van der Waals surface area contributed by atoms with Crippen molar-refractivity contribution in [2.45, 2.75) is 13.3 Å². The minimum Gasteiger partial charge on any atom is -0.508 e. The van der Waals surface area contributed by atoms with E-state index in [0.29, 0.717) is 6.54 Å². The van der Waals surface area contributed by atoms with Crippen molar-refractivity contribution in [3.63, 3.8) is 0 Å². The molecule has 0 aliphatic rings. The summed E-state index contributed by atoms with van der Waals surface area (Å²) in [6.45, 7) is 2.51. The fourth-order valence-electron chi connectivity index (χ4n) is 1.47. The van der Waals surface area contributed by atoms with Crippen LogP contribution in [0.4, 0.5) is 10.5 Å². The van der Waals surface area contributed by atoms with E-state index >= 15 is 0 Å². The van der Waals surface area contributed by atoms with Crippen LogP contribution in [0.3, 0.4) is 0 Å². The van der Waals surface area contributed by atoms with Gasteiger partial charge in [0, 0.05) is 13.6 Å². The van der Waals surface area contributed by atoms with Crippen LogP contribution in [0.5, 0.6) is 5.75 Å². The van der Waals surface area contributed by atoms with E-state index in [1.54, 1.807) is 7.05 Å². The van der Waals surface area contributed by atoms with Crippen molar-refractivity contribution < 1.29 is 19.8 Å². The number of anilines is 1. The van der Waals surface area contributed by atoms with Gasteiger partial charge in [0.05, 0.1) is 11.3 Å². The Labute approximate surface area is 105 Å². The first-order valence-electron chi connectivity index (χ1n) is 5.54. The number of aromatic carboxylic acids is 1. The van der Waals surface area contributed by atoms with Crippen LogP contribution in [-0.2, 0) is 0 Å². The van der Waals surface area contributed by atoms with Gasteiger partial charge in [0.15, 0.2) is 0 Å². The normalized spacial score (nSPS) is 9.89. The Morgan fingerprint density at radius 2 is 2.06 bits per heavy atom. The van der Waals surface area contributed by atoms with Gasteiger partial charge in [0.1, 0.15) is 5.75 Å². The molecule has 6 heteroatoms. The first kappa shape index (κ1) is 13.8. The molecule has 0 unspecified atom stereocenters. The van der Waals surface area contributed by atoms with Crippen molar-refractivity contribution in [2.75, 3.05) is 18.9 Å². The number of carbonyl (C=O) groups is 2. The summed E-state index contributed by atoms with van der Waals surface area (Å²) in [5.74, 6) is -1.37. The van der Waals surface area contributed by atoms with E-state index in [0.717, 1.165) is 12.5 Å². The first-order valence-corrected chi connectivity index (χ1v) is 5.54. The molecule has 1 rings (SSSR count). The number of urea groups is 1. The highest BCUT2D eigenvalue weighted by molar-refractivity contribution is 6.00. The summed E-state index contributed by atoms with van der Waals surface area (Å²) >= 11 is 0. The Morgan fingerprint density at radius 1 is 1.39 bits per heavy atom. The second-order valence-electron chi connectivity index (χ2n) is 3.89. The molecule has 0 aromatic heterocycles. The molecule has 0 aliphatic heterocycles. The van der Waals surface area contributed by atoms with Crippen molar-refractivity contribution >= 4 is 17.7 Å². The van der Waals surface area contributed by atoms with Crippen LogP contribution in [0.15, 0.2) is 18.2 Å². The van der Waals surface area contributed by atoms with Gasteiger partial charge in [-0.05, 0) is 24.6 Å². The van der Waals surface area contributed by atoms with Crippen LogP contribution in [0.25, 0.3) is 0 Å². The molecule has 0 saturated carbocycles. The Bertz CT molecular complexity index is 459. The van der Waals surface area contributed by atoms with E-state index in [1.165, 1.54) is 17.0 Å². The number of carbonyl (C=O) groups excluding carboxylic acids is 1. The third kappa shape index (κ3) is 3.38. The lowest BCUT2D eigenvalue weighted by Gasteiger charge is -2.17. The molecule has 18 heavy (non-hydrogen) atoms. The monoisotopic (exact) mass is 252 g/mol. The number of benzene rings is 1. The zero-order valence-corrected chi connectivity index (χ0v) is 10.3. The van der Waals surface area contributed by atoms with E-state index in [1.807, 2.05) is 6.92 Å². The van der Waals surface area contributed by atoms with E-state index < -0.39 is 5.97 Å². The number of nitrogens with one attached hydrogen (secondary N) is 1. The number of phenolic OH excluding ortho intramolecular Hbond substituents is 1. The number of hydrogen-bond donors (Lipinski definition) is 3. The highest BCUT2D eigenvalue weighted by Gasteiger charge is 2.15. The van der Waals surface area contributed by atoms with Crippen molar-refractivity contribution in [3.05, 3.63) is 23.8 Å². The van der Waals surface area contributed by atoms with E-state index in [-0.39, 0.29) is 23.0 Å². The minimum absolute atomic E-state index is 0.145. The maximum absolute atomic E-state index is 11.7. The SMILES string of the molecule is CCCN(C)C(=O)Nc1ccc(O)cc1C(=O)O. The molecule has 0 atom stereocenters. The van der Waals surface area contributed by atoms with Crippen LogP contribution in [-0.4, -0.2) is 40.7 Å². The van der Waals surface area contributed by atoms with Gasteiger partial charge in [0.2, 0.25) is 0 Å². The van der Waals surface area contributed by atoms with Gasteiger partial charge in [-0.2, -0.15) is 0 Å². The molecule has 98 valence electrons. The van der Waals surface area contributed by atoms with E-state index in [9.17, 15) is 14.7 Å². The zero-order chi connectivity index (χ0) is 13.7. The predicted molar refractivity (Wildman–Crippen MR) is 67.0 cm³/mol. The Hall–Kier alpha value is -2.24. The van der Waals surface area contributed by atoms with Crippen LogP contribution in [0, 0.1) is 0 Å². The lowest BCUT2D eigenvalue weighted by Crippen LogP contribution is -2.32. The second kappa shape index (κ2) is 5.90. The average molecular weight is 252 g/mol. The summed E-state index contributed by atoms with van der Waals surface area (Å²) in [4.78, 5) is 24.2. The van der Waals surface area contributed by atoms with Crippen LogP contribution < -0.4 is 5.32 Å². The quantitative estimate of drug-likeness (QED) is 0.714. The molecule has 6 nitrogen and oxygen atoms in total. The summed E-state index contributed by atoms with van der Waals surface area (Å²) in [5, 5.41) is 20.7. The summed E-state index contributed by atoms with van der Waals surface area (Å²) in [5.41, 5.74) is 0.0153. The molecule has 1 aromatic rings. The molecule has 0 radical (unpaired) electrons. The smallest absolute Gasteiger partial charge is 0.337 e. The molecular formula is C12H16N2O4. The van der Waals surface area contributed by atoms with Crippen LogP contribution in [0.1, 0.15) is 23.7 Å². The molecule has 0 spiro atoms. The molecular weight excluding hydrogens is 236 g/mol. The molecule has 3 N–H and O–H groups in total. The van der Waals surface area contributed by atoms with Crippen LogP contribution >= 0.6 is 0 Å². The standard InChI is InChI=1S/C12H16N2O4/c1-3-6-14(2)12(18)13-10-5-4-8(15)7-9(10)11(16)17/h4-5,7,15H,3,6H2,1-2H3,(H,13,18)(H,16,17). The fourth-order valence-corrected chi connectivity index (χ4v) is 1.47. The Balaban J connectivity index is 2.90. The Morgan fingerprint density at radius 3 is 2.61 bits per heavy atom. The van der Waals surface area contributed by atoms with E-state index in [4.69, 9.17) is 5.11 Å². The van der Waals surface area contributed by atoms with Crippen LogP contribution in [0.2, 0.25) is 0 Å². The molecule has 0 heterocycles. The molecule has 0 bridgehead atoms. The third-order valence-electron chi connectivity index (χ3n) is 2.38. The second-order valence-corrected chi connectivity index (χ2v) is 3.89. The maximum Gasteiger partial charge on any atom is 0.337 e. The molecule has 0 saturated heterocycles. The number of hydrogen-bond acceptors (Lipinski definition) is 3. The third-order valence-corrected chi connectivity index (χ3v) is 2.38. The summed E-state index contributed by atoms with van der Waals surface area (Å²) in [6, 6.07) is 3.39. The van der Waals surface area contributed by atoms with Gasteiger partial charge < -0.3 is 20.4 Å². The number of aromatic hydroxyl groups is 1. The number of phenols is 1. The highest BCUT2D eigenvalue weighted by atomic mass is 16.4. The largest absolute Gasteiger partial charge is 0.508 e. The molecule has 2 amide bonds. The van der Waals surface area contributed by atoms with E-state index in [2.05, 4.69) is 5.32 Å². The van der Waals surface area contributed by atoms with Gasteiger partial charge in [-0.25, -0.2) is 9.59 Å². The molecule has 0 fully saturated rings. The summed E-state index contributed by atoms with van der Waals surface area (Å²) < 4.78 is 0. The predicted octanol–water partition coefficient (Wildman–Crippen LogP) is 1.96. The van der Waals surface area contributed by atoms with Crippen molar-refractivity contribution in [1.82, 2.24) is 4.90 Å². The van der Waals surface area contributed by atoms with Gasteiger partial charge in [-0.15, -0.1) is 0 Å². The lowest BCUT2D eigenvalue weighted by atomic mass is 10.1. The summed E-state index contributed by atoms with van der Waals surface area (Å²) in [6.07, 6.45) is 0.811. The zero-order valence-electron chi connectivity index (χ0n) is 10.3. The first-order chi connectivity index (χ1) is 8.45. The van der Waals surface area contributed by atoms with Gasteiger partial charge in [-0.3, -0.25) is 0 Å². The summed E-state index contributed by atoms with van der Waals surface area (Å²) in [7, 11) is 1.62. The molecule has 0 aliphatic carbocycles. The Kier molecular flexibility index (Phi) is 4.53. The lowest BCUT2D eigenvalue weighted by molar-refractivity contribution is 0.0697. The number of carboxylic acid groups (broad SMARTS) is 1. The number of nitrogens with zero attached hydrogens (tertiary/aromatic N) is 1. The average Bonchev–Trinajstić information content (AvgIpc) is 2.31. The number of amides is 2. The van der Waals surface area contributed by atoms with Crippen molar-refractivity contribution in [2.24, 2.45) is 0 Å².